The van der Waals surface area contributed by atoms with Gasteiger partial charge in [-0.25, -0.2) is 17.8 Å². The minimum atomic E-state index is -3.67. The number of para-hydroxylation sites is 1. The highest BCUT2D eigenvalue weighted by Gasteiger charge is 2.40. The Bertz CT molecular complexity index is 1220. The molecule has 2 aliphatic heterocycles. The van der Waals surface area contributed by atoms with Gasteiger partial charge in [0.25, 0.3) is 10.0 Å². The molecule has 32 heavy (non-hydrogen) atoms. The van der Waals surface area contributed by atoms with E-state index in [0.717, 1.165) is 22.7 Å². The lowest BCUT2D eigenvalue weighted by atomic mass is 10.0. The molecule has 1 aromatic carbocycles. The van der Waals surface area contributed by atoms with Gasteiger partial charge in [0, 0.05) is 32.7 Å². The Morgan fingerprint density at radius 2 is 1.88 bits per heavy atom. The first-order chi connectivity index (χ1) is 15.4. The van der Waals surface area contributed by atoms with Crippen LogP contribution in [0.2, 0.25) is 0 Å². The zero-order valence-electron chi connectivity index (χ0n) is 17.3. The molecule has 1 amide bonds. The summed E-state index contributed by atoms with van der Waals surface area (Å²) >= 11 is 2.62. The van der Waals surface area contributed by atoms with Gasteiger partial charge in [-0.05, 0) is 36.4 Å². The van der Waals surface area contributed by atoms with Crippen molar-refractivity contribution in [3.63, 3.8) is 0 Å². The zero-order chi connectivity index (χ0) is 22.3. The van der Waals surface area contributed by atoms with E-state index in [9.17, 15) is 17.6 Å². The van der Waals surface area contributed by atoms with E-state index in [1.54, 1.807) is 28.5 Å². The highest BCUT2D eigenvalue weighted by Crippen LogP contribution is 2.32. The molecule has 7 nitrogen and oxygen atoms in total. The molecular weight excluding hydrogens is 471 g/mol. The van der Waals surface area contributed by atoms with Gasteiger partial charge in [0.1, 0.15) is 21.6 Å². The first-order valence-electron chi connectivity index (χ1n) is 10.6. The van der Waals surface area contributed by atoms with E-state index >= 15 is 0 Å². The number of thiophene rings is 1. The number of thiazole rings is 1. The SMILES string of the molecule is O=C(C1CCCCN1S(=O)(=O)c1cccs1)N1CCN(c2nc3c(F)cccc3s2)CC1. The number of fused-ring (bicyclic) bond motifs is 1. The van der Waals surface area contributed by atoms with Gasteiger partial charge in [0.15, 0.2) is 5.13 Å². The van der Waals surface area contributed by atoms with E-state index in [4.69, 9.17) is 0 Å². The average molecular weight is 495 g/mol. The lowest BCUT2D eigenvalue weighted by molar-refractivity contribution is -0.136. The maximum atomic E-state index is 14.0. The molecule has 0 bridgehead atoms. The fourth-order valence-electron chi connectivity index (χ4n) is 4.33. The molecule has 0 radical (unpaired) electrons. The van der Waals surface area contributed by atoms with E-state index in [1.165, 1.54) is 33.0 Å². The number of carbonyl (C=O) groups is 1. The third-order valence-corrected chi connectivity index (χ3v) is 10.4. The van der Waals surface area contributed by atoms with Gasteiger partial charge in [-0.1, -0.05) is 29.9 Å². The molecule has 4 heterocycles. The second kappa shape index (κ2) is 8.69. The van der Waals surface area contributed by atoms with E-state index in [1.807, 2.05) is 6.07 Å². The number of amides is 1. The van der Waals surface area contributed by atoms with Crippen molar-refractivity contribution in [2.24, 2.45) is 0 Å². The minimum Gasteiger partial charge on any atom is -0.345 e. The van der Waals surface area contributed by atoms with Crippen LogP contribution in [0.5, 0.6) is 0 Å². The number of hydrogen-bond acceptors (Lipinski definition) is 7. The van der Waals surface area contributed by atoms with Crippen molar-refractivity contribution in [2.75, 3.05) is 37.6 Å². The standard InChI is InChI=1S/C21H23FN4O3S3/c22-15-5-3-7-17-19(15)23-21(31-17)25-12-10-24(11-13-25)20(27)16-6-1-2-9-26(16)32(28,29)18-8-4-14-30-18/h3-5,7-8,14,16H,1-2,6,9-13H2. The maximum Gasteiger partial charge on any atom is 0.253 e. The van der Waals surface area contributed by atoms with Crippen LogP contribution in [0.1, 0.15) is 19.3 Å². The van der Waals surface area contributed by atoms with Crippen molar-refractivity contribution in [1.29, 1.82) is 0 Å². The lowest BCUT2D eigenvalue weighted by Gasteiger charge is -2.40. The molecule has 170 valence electrons. The predicted molar refractivity (Wildman–Crippen MR) is 124 cm³/mol. The number of aromatic nitrogens is 1. The number of halogens is 1. The number of nitrogens with zero attached hydrogens (tertiary/aromatic N) is 4. The number of hydrogen-bond donors (Lipinski definition) is 0. The van der Waals surface area contributed by atoms with Crippen LogP contribution in [0, 0.1) is 5.82 Å². The first-order valence-corrected chi connectivity index (χ1v) is 13.7. The van der Waals surface area contributed by atoms with Crippen molar-refractivity contribution in [3.8, 4) is 0 Å². The molecule has 0 aliphatic carbocycles. The Morgan fingerprint density at radius 1 is 1.06 bits per heavy atom. The Labute approximate surface area is 194 Å². The first kappa shape index (κ1) is 21.7. The lowest BCUT2D eigenvalue weighted by Crippen LogP contribution is -2.57. The van der Waals surface area contributed by atoms with Gasteiger partial charge >= 0.3 is 0 Å². The van der Waals surface area contributed by atoms with Crippen LogP contribution in [-0.2, 0) is 14.8 Å². The van der Waals surface area contributed by atoms with Gasteiger partial charge in [0.2, 0.25) is 5.91 Å². The predicted octanol–water partition coefficient (Wildman–Crippen LogP) is 3.39. The number of benzene rings is 1. The zero-order valence-corrected chi connectivity index (χ0v) is 19.8. The smallest absolute Gasteiger partial charge is 0.253 e. The second-order valence-electron chi connectivity index (χ2n) is 7.95. The summed E-state index contributed by atoms with van der Waals surface area (Å²) in [5.74, 6) is -0.456. The van der Waals surface area contributed by atoms with Crippen molar-refractivity contribution in [1.82, 2.24) is 14.2 Å². The third-order valence-electron chi connectivity index (χ3n) is 6.02. The molecule has 11 heteroatoms. The summed E-state index contributed by atoms with van der Waals surface area (Å²) < 4.78 is 42.7. The Morgan fingerprint density at radius 3 is 2.59 bits per heavy atom. The van der Waals surface area contributed by atoms with Crippen molar-refractivity contribution in [2.45, 2.75) is 29.5 Å². The van der Waals surface area contributed by atoms with Crippen LogP contribution in [0.4, 0.5) is 9.52 Å². The van der Waals surface area contributed by atoms with Crippen LogP contribution in [0.3, 0.4) is 0 Å². The van der Waals surface area contributed by atoms with E-state index in [0.29, 0.717) is 44.7 Å². The summed E-state index contributed by atoms with van der Waals surface area (Å²) in [7, 11) is -3.67. The number of anilines is 1. The number of rotatable bonds is 4. The normalized spacial score (nSPS) is 20.7. The van der Waals surface area contributed by atoms with Crippen LogP contribution in [-0.4, -0.2) is 67.3 Å². The summed E-state index contributed by atoms with van der Waals surface area (Å²) in [6, 6.07) is 7.59. The van der Waals surface area contributed by atoms with Crippen molar-refractivity contribution in [3.05, 3.63) is 41.5 Å². The monoisotopic (exact) mass is 494 g/mol. The summed E-state index contributed by atoms with van der Waals surface area (Å²) in [5, 5.41) is 2.48. The third kappa shape index (κ3) is 3.91. The number of piperazine rings is 1. The van der Waals surface area contributed by atoms with Crippen LogP contribution in [0.15, 0.2) is 39.9 Å². The van der Waals surface area contributed by atoms with Crippen molar-refractivity contribution >= 4 is 54.0 Å². The second-order valence-corrected chi connectivity index (χ2v) is 12.0. The quantitative estimate of drug-likeness (QED) is 0.556. The van der Waals surface area contributed by atoms with Gasteiger partial charge in [-0.15, -0.1) is 11.3 Å². The van der Waals surface area contributed by atoms with E-state index in [2.05, 4.69) is 9.88 Å². The molecule has 2 fully saturated rings. The van der Waals surface area contributed by atoms with Gasteiger partial charge < -0.3 is 9.80 Å². The fourth-order valence-corrected chi connectivity index (χ4v) is 8.13. The molecule has 0 saturated carbocycles. The van der Waals surface area contributed by atoms with Crippen LogP contribution < -0.4 is 4.90 Å². The van der Waals surface area contributed by atoms with Gasteiger partial charge in [-0.3, -0.25) is 4.79 Å². The molecule has 0 N–H and O–H groups in total. The van der Waals surface area contributed by atoms with Crippen molar-refractivity contribution < 1.29 is 17.6 Å². The molecule has 2 aromatic heterocycles. The molecule has 2 saturated heterocycles. The highest BCUT2D eigenvalue weighted by atomic mass is 32.2. The van der Waals surface area contributed by atoms with E-state index < -0.39 is 16.1 Å². The minimum absolute atomic E-state index is 0.125. The highest BCUT2D eigenvalue weighted by molar-refractivity contribution is 7.91. The Hall–Kier alpha value is -2.08. The topological polar surface area (TPSA) is 73.8 Å². The van der Waals surface area contributed by atoms with Gasteiger partial charge in [-0.2, -0.15) is 4.31 Å². The molecule has 1 unspecified atom stereocenters. The average Bonchev–Trinajstić information content (AvgIpc) is 3.50. The van der Waals surface area contributed by atoms with Crippen LogP contribution in [0.25, 0.3) is 10.2 Å². The molecule has 1 atom stereocenters. The molecule has 3 aromatic rings. The Balaban J connectivity index is 1.29. The maximum absolute atomic E-state index is 14.0. The summed E-state index contributed by atoms with van der Waals surface area (Å²) in [6.07, 6.45) is 2.14. The Kier molecular flexibility index (Phi) is 5.91. The number of carbonyl (C=O) groups excluding carboxylic acids is 1. The number of sulfonamides is 1. The summed E-state index contributed by atoms with van der Waals surface area (Å²) in [4.78, 5) is 21.6. The molecule has 5 rings (SSSR count). The fraction of sp³-hybridized carbons (Fsp3) is 0.429. The molecule has 0 spiro atoms. The molecule has 2 aliphatic rings. The summed E-state index contributed by atoms with van der Waals surface area (Å²) in [5.41, 5.74) is 0.377. The van der Waals surface area contributed by atoms with Gasteiger partial charge in [0.05, 0.1) is 4.70 Å². The summed E-state index contributed by atoms with van der Waals surface area (Å²) in [6.45, 7) is 2.50. The van der Waals surface area contributed by atoms with E-state index in [-0.39, 0.29) is 15.9 Å². The molecular formula is C21H23FN4O3S3. The number of piperidine rings is 1. The van der Waals surface area contributed by atoms with Crippen LogP contribution >= 0.6 is 22.7 Å². The largest absolute Gasteiger partial charge is 0.345 e.